The maximum atomic E-state index is 11.8. The molecule has 4 heteroatoms. The summed E-state index contributed by atoms with van der Waals surface area (Å²) >= 11 is 5.87. The molecule has 0 spiro atoms. The molecule has 1 aromatic carbocycles. The number of hydrogen-bond donors (Lipinski definition) is 0. The third-order valence-electron chi connectivity index (χ3n) is 2.91. The van der Waals surface area contributed by atoms with Crippen LogP contribution in [0.3, 0.4) is 0 Å². The van der Waals surface area contributed by atoms with E-state index in [4.69, 9.17) is 21.1 Å². The van der Waals surface area contributed by atoms with E-state index in [9.17, 15) is 4.79 Å². The SMILES string of the molecule is Cc1ccc(Cl)cc1OCC(=O)C1CCOC1. The van der Waals surface area contributed by atoms with Gasteiger partial charge < -0.3 is 9.47 Å². The van der Waals surface area contributed by atoms with Crippen molar-refractivity contribution in [2.24, 2.45) is 5.92 Å². The second-order valence-corrected chi connectivity index (χ2v) is 4.66. The van der Waals surface area contributed by atoms with Crippen LogP contribution in [0, 0.1) is 12.8 Å². The number of ketones is 1. The lowest BCUT2D eigenvalue weighted by Gasteiger charge is -2.11. The fourth-order valence-electron chi connectivity index (χ4n) is 1.78. The Hall–Kier alpha value is -1.06. The first-order chi connectivity index (χ1) is 8.16. The Labute approximate surface area is 106 Å². The standard InChI is InChI=1S/C13H15ClO3/c1-9-2-3-11(14)6-13(9)17-8-12(15)10-4-5-16-7-10/h2-3,6,10H,4-5,7-8H2,1H3. The second kappa shape index (κ2) is 5.52. The summed E-state index contributed by atoms with van der Waals surface area (Å²) in [5.74, 6) is 0.765. The zero-order valence-electron chi connectivity index (χ0n) is 9.74. The minimum atomic E-state index is -0.00510. The zero-order chi connectivity index (χ0) is 12.3. The molecule has 0 bridgehead atoms. The van der Waals surface area contributed by atoms with E-state index in [-0.39, 0.29) is 18.3 Å². The molecule has 1 aromatic rings. The van der Waals surface area contributed by atoms with Crippen molar-refractivity contribution in [3.8, 4) is 5.75 Å². The average Bonchev–Trinajstić information content (AvgIpc) is 2.83. The molecule has 1 fully saturated rings. The van der Waals surface area contributed by atoms with E-state index in [1.54, 1.807) is 12.1 Å². The molecule has 3 nitrogen and oxygen atoms in total. The molecule has 1 unspecified atom stereocenters. The van der Waals surface area contributed by atoms with E-state index < -0.39 is 0 Å². The highest BCUT2D eigenvalue weighted by atomic mass is 35.5. The first kappa shape index (κ1) is 12.4. The zero-order valence-corrected chi connectivity index (χ0v) is 10.5. The molecule has 1 heterocycles. The molecular weight excluding hydrogens is 240 g/mol. The Bertz CT molecular complexity index is 411. The van der Waals surface area contributed by atoms with Gasteiger partial charge in [-0.2, -0.15) is 0 Å². The molecule has 0 radical (unpaired) electrons. The number of ether oxygens (including phenoxy) is 2. The smallest absolute Gasteiger partial charge is 0.175 e. The Morgan fingerprint density at radius 3 is 3.12 bits per heavy atom. The van der Waals surface area contributed by atoms with Crippen LogP contribution in [0.5, 0.6) is 5.75 Å². The lowest BCUT2D eigenvalue weighted by Crippen LogP contribution is -2.21. The molecule has 1 aliphatic rings. The molecule has 1 atom stereocenters. The molecule has 2 rings (SSSR count). The van der Waals surface area contributed by atoms with E-state index in [1.165, 1.54) is 0 Å². The first-order valence-electron chi connectivity index (χ1n) is 5.66. The van der Waals surface area contributed by atoms with E-state index in [2.05, 4.69) is 0 Å². The molecule has 0 N–H and O–H groups in total. The topological polar surface area (TPSA) is 35.5 Å². The number of aryl methyl sites for hydroxylation is 1. The van der Waals surface area contributed by atoms with Crippen LogP contribution in [0.15, 0.2) is 18.2 Å². The number of benzene rings is 1. The first-order valence-corrected chi connectivity index (χ1v) is 6.04. The van der Waals surface area contributed by atoms with Gasteiger partial charge in [0.1, 0.15) is 12.4 Å². The summed E-state index contributed by atoms with van der Waals surface area (Å²) in [6, 6.07) is 5.41. The van der Waals surface area contributed by atoms with Gasteiger partial charge in [0, 0.05) is 17.5 Å². The highest BCUT2D eigenvalue weighted by molar-refractivity contribution is 6.30. The van der Waals surface area contributed by atoms with E-state index in [0.29, 0.717) is 24.0 Å². The van der Waals surface area contributed by atoms with Crippen LogP contribution < -0.4 is 4.74 Å². The van der Waals surface area contributed by atoms with Gasteiger partial charge in [-0.15, -0.1) is 0 Å². The molecule has 17 heavy (non-hydrogen) atoms. The molecule has 1 aliphatic heterocycles. The number of rotatable bonds is 4. The van der Waals surface area contributed by atoms with Gasteiger partial charge in [-0.25, -0.2) is 0 Å². The highest BCUT2D eigenvalue weighted by Crippen LogP contribution is 2.23. The third kappa shape index (κ3) is 3.20. The van der Waals surface area contributed by atoms with E-state index >= 15 is 0 Å². The Morgan fingerprint density at radius 2 is 2.41 bits per heavy atom. The van der Waals surface area contributed by atoms with Crippen LogP contribution in [-0.2, 0) is 9.53 Å². The summed E-state index contributed by atoms with van der Waals surface area (Å²) in [4.78, 5) is 11.8. The molecule has 1 saturated heterocycles. The van der Waals surface area contributed by atoms with Crippen molar-refractivity contribution in [1.82, 2.24) is 0 Å². The van der Waals surface area contributed by atoms with E-state index in [1.807, 2.05) is 13.0 Å². The van der Waals surface area contributed by atoms with Crippen LogP contribution in [0.25, 0.3) is 0 Å². The normalized spacial score (nSPS) is 19.3. The van der Waals surface area contributed by atoms with Gasteiger partial charge in [-0.05, 0) is 31.0 Å². The van der Waals surface area contributed by atoms with Gasteiger partial charge in [0.05, 0.1) is 6.61 Å². The summed E-state index contributed by atoms with van der Waals surface area (Å²) in [7, 11) is 0. The average molecular weight is 255 g/mol. The van der Waals surface area contributed by atoms with Crippen molar-refractivity contribution in [3.63, 3.8) is 0 Å². The number of hydrogen-bond acceptors (Lipinski definition) is 3. The predicted molar refractivity (Wildman–Crippen MR) is 65.6 cm³/mol. The van der Waals surface area contributed by atoms with Crippen molar-refractivity contribution in [3.05, 3.63) is 28.8 Å². The van der Waals surface area contributed by atoms with Gasteiger partial charge in [-0.1, -0.05) is 17.7 Å². The quantitative estimate of drug-likeness (QED) is 0.829. The van der Waals surface area contributed by atoms with Gasteiger partial charge in [0.15, 0.2) is 5.78 Å². The summed E-state index contributed by atoms with van der Waals surface area (Å²) in [5.41, 5.74) is 0.977. The van der Waals surface area contributed by atoms with Crippen molar-refractivity contribution >= 4 is 17.4 Å². The predicted octanol–water partition coefficient (Wildman–Crippen LogP) is 2.63. The van der Waals surface area contributed by atoms with Crippen LogP contribution in [0.2, 0.25) is 5.02 Å². The Morgan fingerprint density at radius 1 is 1.59 bits per heavy atom. The lowest BCUT2D eigenvalue weighted by molar-refractivity contribution is -0.124. The molecule has 0 saturated carbocycles. The van der Waals surface area contributed by atoms with Crippen molar-refractivity contribution < 1.29 is 14.3 Å². The summed E-state index contributed by atoms with van der Waals surface area (Å²) in [6.45, 7) is 3.22. The Balaban J connectivity index is 1.92. The highest BCUT2D eigenvalue weighted by Gasteiger charge is 2.23. The minimum Gasteiger partial charge on any atom is -0.485 e. The van der Waals surface area contributed by atoms with Crippen molar-refractivity contribution in [2.45, 2.75) is 13.3 Å². The minimum absolute atomic E-state index is 0.00510. The Kier molecular flexibility index (Phi) is 4.02. The van der Waals surface area contributed by atoms with Gasteiger partial charge >= 0.3 is 0 Å². The number of carbonyl (C=O) groups excluding carboxylic acids is 1. The summed E-state index contributed by atoms with van der Waals surface area (Å²) in [6.07, 6.45) is 0.802. The molecule has 92 valence electrons. The molecular formula is C13H15ClO3. The van der Waals surface area contributed by atoms with Crippen molar-refractivity contribution in [2.75, 3.05) is 19.8 Å². The third-order valence-corrected chi connectivity index (χ3v) is 3.14. The fourth-order valence-corrected chi connectivity index (χ4v) is 1.95. The number of halogens is 1. The maximum absolute atomic E-state index is 11.8. The van der Waals surface area contributed by atoms with Crippen LogP contribution >= 0.6 is 11.6 Å². The molecule has 0 amide bonds. The summed E-state index contributed by atoms with van der Waals surface area (Å²) < 4.78 is 10.7. The second-order valence-electron chi connectivity index (χ2n) is 4.23. The fraction of sp³-hybridized carbons (Fsp3) is 0.462. The van der Waals surface area contributed by atoms with Crippen LogP contribution in [0.4, 0.5) is 0 Å². The van der Waals surface area contributed by atoms with Crippen LogP contribution in [0.1, 0.15) is 12.0 Å². The lowest BCUT2D eigenvalue weighted by atomic mass is 10.0. The van der Waals surface area contributed by atoms with Gasteiger partial charge in [0.2, 0.25) is 0 Å². The van der Waals surface area contributed by atoms with Gasteiger partial charge in [0.25, 0.3) is 0 Å². The van der Waals surface area contributed by atoms with Gasteiger partial charge in [-0.3, -0.25) is 4.79 Å². The molecule has 0 aromatic heterocycles. The summed E-state index contributed by atoms with van der Waals surface area (Å²) in [5, 5.41) is 0.613. The maximum Gasteiger partial charge on any atom is 0.175 e. The number of Topliss-reactive ketones (excluding diaryl/α,β-unsaturated/α-hetero) is 1. The largest absolute Gasteiger partial charge is 0.485 e. The van der Waals surface area contributed by atoms with E-state index in [0.717, 1.165) is 12.0 Å². The number of carbonyl (C=O) groups is 1. The molecule has 0 aliphatic carbocycles. The van der Waals surface area contributed by atoms with Crippen LogP contribution in [-0.4, -0.2) is 25.6 Å². The monoisotopic (exact) mass is 254 g/mol. The van der Waals surface area contributed by atoms with Crippen molar-refractivity contribution in [1.29, 1.82) is 0 Å².